The summed E-state index contributed by atoms with van der Waals surface area (Å²) in [5.41, 5.74) is 0. The molecule has 0 saturated heterocycles. The maximum absolute atomic E-state index is 0. The van der Waals surface area contributed by atoms with E-state index >= 15 is 0 Å². The summed E-state index contributed by atoms with van der Waals surface area (Å²) in [4.78, 5) is 0. The standard InChI is InChI=1S/Ca.2ClH.Rb.3H/h;2*1H;;;;/q+2;;;+1;3*-1. The molecule has 0 nitrogen and oxygen atoms in total. The first-order valence-corrected chi connectivity index (χ1v) is 0. The molecule has 0 bridgehead atoms. The van der Waals surface area contributed by atoms with Crippen molar-refractivity contribution in [1.29, 1.82) is 0 Å². The summed E-state index contributed by atoms with van der Waals surface area (Å²) >= 11 is 0. The van der Waals surface area contributed by atoms with E-state index in [1.54, 1.807) is 0 Å². The maximum Gasteiger partial charge on any atom is 2.00 e. The van der Waals surface area contributed by atoms with Crippen LogP contribution in [0, 0.1) is 0 Å². The van der Waals surface area contributed by atoms with Gasteiger partial charge in [-0.25, -0.2) is 0 Å². The Labute approximate surface area is 122 Å². The average Bonchev–Trinajstić information content (AvgIpc) is 0. The van der Waals surface area contributed by atoms with Crippen molar-refractivity contribution in [3.8, 4) is 0 Å². The number of halogens is 2. The molecule has 4 heteroatoms. The number of hydrogen-bond acceptors (Lipinski definition) is 0. The Hall–Kier alpha value is 3.64. The molecule has 0 heterocycles. The topological polar surface area (TPSA) is 0 Å². The first-order chi connectivity index (χ1) is 0. The minimum Gasteiger partial charge on any atom is -1.00 e. The molecule has 0 aliphatic heterocycles. The maximum atomic E-state index is 0. The van der Waals surface area contributed by atoms with Gasteiger partial charge in [0.15, 0.2) is 0 Å². The van der Waals surface area contributed by atoms with Gasteiger partial charge in [0.25, 0.3) is 0 Å². The third-order valence-electron chi connectivity index (χ3n) is 0. The smallest absolute Gasteiger partial charge is 1.00 e. The van der Waals surface area contributed by atoms with E-state index in [9.17, 15) is 0 Å². The Kier molecular flexibility index (Phi) is 101. The summed E-state index contributed by atoms with van der Waals surface area (Å²) in [5.74, 6) is 0. The zero-order valence-corrected chi connectivity index (χ0v) is 11.3. The molecule has 0 spiro atoms. The molecular formula is H5CaCl2Rb. The molecule has 22 valence electrons. The van der Waals surface area contributed by atoms with Gasteiger partial charge in [-0.2, -0.15) is 0 Å². The Bertz CT molecular complexity index is 12.9. The molecule has 0 aromatic heterocycles. The van der Waals surface area contributed by atoms with Gasteiger partial charge in [0, 0.05) is 0 Å². The Morgan fingerprint density at radius 2 is 1.00 bits per heavy atom. The molecule has 4 heavy (non-hydrogen) atoms. The molecule has 0 aliphatic rings. The van der Waals surface area contributed by atoms with Crippen molar-refractivity contribution in [3.05, 3.63) is 0 Å². The molecule has 0 aromatic carbocycles. The van der Waals surface area contributed by atoms with Crippen LogP contribution in [0.3, 0.4) is 0 Å². The van der Waals surface area contributed by atoms with E-state index < -0.39 is 0 Å². The second-order valence-electron chi connectivity index (χ2n) is 0. The molecule has 0 aliphatic carbocycles. The largest absolute Gasteiger partial charge is 2.00 e. The first-order valence-electron chi connectivity index (χ1n) is 0. The van der Waals surface area contributed by atoms with E-state index in [4.69, 9.17) is 0 Å². The fourth-order valence-electron chi connectivity index (χ4n) is 0. The summed E-state index contributed by atoms with van der Waals surface area (Å²) < 4.78 is 0. The quantitative estimate of drug-likeness (QED) is 0.391. The second-order valence-corrected chi connectivity index (χ2v) is 0. The Morgan fingerprint density at radius 3 is 1.00 bits per heavy atom. The van der Waals surface area contributed by atoms with Gasteiger partial charge < -0.3 is 4.28 Å². The van der Waals surface area contributed by atoms with Crippen molar-refractivity contribution in [1.82, 2.24) is 0 Å². The molecule has 0 aromatic rings. The minimum absolute atomic E-state index is 0. The van der Waals surface area contributed by atoms with Crippen molar-refractivity contribution in [2.45, 2.75) is 0 Å². The van der Waals surface area contributed by atoms with E-state index in [0.717, 1.165) is 0 Å². The van der Waals surface area contributed by atoms with Crippen LogP contribution in [0.15, 0.2) is 0 Å². The molecule has 0 fully saturated rings. The van der Waals surface area contributed by atoms with Crippen LogP contribution in [0.25, 0.3) is 0 Å². The molecule has 0 rings (SSSR count). The van der Waals surface area contributed by atoms with Crippen LogP contribution in [0.5, 0.6) is 0 Å². The van der Waals surface area contributed by atoms with Crippen LogP contribution in [-0.4, -0.2) is 37.7 Å². The molecule has 0 atom stereocenters. The molecule has 0 radical (unpaired) electrons. The third-order valence-corrected chi connectivity index (χ3v) is 0. The van der Waals surface area contributed by atoms with Crippen LogP contribution in [0.4, 0.5) is 0 Å². The fourth-order valence-corrected chi connectivity index (χ4v) is 0. The van der Waals surface area contributed by atoms with E-state index in [-0.39, 0.29) is 125 Å². The molecule has 0 amide bonds. The summed E-state index contributed by atoms with van der Waals surface area (Å²) in [6.45, 7) is 0. The van der Waals surface area contributed by atoms with Gasteiger partial charge in [-0.1, -0.05) is 0 Å². The van der Waals surface area contributed by atoms with Crippen LogP contribution < -0.4 is 58.2 Å². The predicted molar refractivity (Wildman–Crippen MR) is 23.6 cm³/mol. The number of rotatable bonds is 0. The van der Waals surface area contributed by atoms with E-state index in [0.29, 0.717) is 0 Å². The Morgan fingerprint density at radius 1 is 1.00 bits per heavy atom. The summed E-state index contributed by atoms with van der Waals surface area (Å²) in [6, 6.07) is 0. The normalized spacial score (nSPS) is 0. The van der Waals surface area contributed by atoms with Crippen molar-refractivity contribution in [2.75, 3.05) is 0 Å². The van der Waals surface area contributed by atoms with Crippen molar-refractivity contribution in [3.63, 3.8) is 0 Å². The van der Waals surface area contributed by atoms with Gasteiger partial charge in [-0.15, -0.1) is 24.8 Å². The van der Waals surface area contributed by atoms with E-state index in [1.165, 1.54) is 0 Å². The van der Waals surface area contributed by atoms with Crippen LogP contribution >= 0.6 is 24.8 Å². The molecular weight excluding hydrogens is 196 g/mol. The second kappa shape index (κ2) is 15.9. The molecule has 0 N–H and O–H groups in total. The average molecular weight is 201 g/mol. The fraction of sp³-hybridized carbons (Fsp3) is 0. The van der Waals surface area contributed by atoms with Crippen LogP contribution in [0.2, 0.25) is 0 Å². The summed E-state index contributed by atoms with van der Waals surface area (Å²) in [7, 11) is 0. The molecule has 0 saturated carbocycles. The molecule has 0 unspecified atom stereocenters. The van der Waals surface area contributed by atoms with Crippen molar-refractivity contribution >= 4 is 62.6 Å². The van der Waals surface area contributed by atoms with Gasteiger partial charge in [-0.05, 0) is 0 Å². The van der Waals surface area contributed by atoms with Gasteiger partial charge in [0.2, 0.25) is 0 Å². The van der Waals surface area contributed by atoms with Gasteiger partial charge in [-0.3, -0.25) is 0 Å². The van der Waals surface area contributed by atoms with Gasteiger partial charge in [0.1, 0.15) is 0 Å². The van der Waals surface area contributed by atoms with E-state index in [2.05, 4.69) is 0 Å². The zero-order chi connectivity index (χ0) is 0. The predicted octanol–water partition coefficient (Wildman–Crippen LogP) is -2.20. The summed E-state index contributed by atoms with van der Waals surface area (Å²) in [6.07, 6.45) is 0. The van der Waals surface area contributed by atoms with Crippen molar-refractivity contribution < 1.29 is 62.5 Å². The zero-order valence-electron chi connectivity index (χ0n) is 5.52. The first kappa shape index (κ1) is 25.4. The van der Waals surface area contributed by atoms with Gasteiger partial charge in [0.05, 0.1) is 0 Å². The number of hydrogen-bond donors (Lipinski definition) is 0. The SMILES string of the molecule is Cl.Cl.[Ca+2].[H-].[H-].[H-].[Rb+]. The van der Waals surface area contributed by atoms with Crippen LogP contribution in [0.1, 0.15) is 4.28 Å². The van der Waals surface area contributed by atoms with Gasteiger partial charge >= 0.3 is 95.9 Å². The Balaban J connectivity index is 0. The van der Waals surface area contributed by atoms with E-state index in [1.807, 2.05) is 0 Å². The monoisotopic (exact) mass is 200 g/mol. The van der Waals surface area contributed by atoms with Crippen molar-refractivity contribution in [2.24, 2.45) is 0 Å². The van der Waals surface area contributed by atoms with Crippen LogP contribution in [-0.2, 0) is 0 Å². The summed E-state index contributed by atoms with van der Waals surface area (Å²) in [5, 5.41) is 0. The minimum atomic E-state index is 0. The third kappa shape index (κ3) is 9.17.